The van der Waals surface area contributed by atoms with Crippen molar-refractivity contribution in [1.29, 1.82) is 0 Å². The first-order valence-electron chi connectivity index (χ1n) is 10.4. The zero-order valence-electron chi connectivity index (χ0n) is 17.7. The molecule has 2 amide bonds. The zero-order chi connectivity index (χ0) is 22.7. The lowest BCUT2D eigenvalue weighted by molar-refractivity contribution is -0.117. The number of nitrogens with one attached hydrogen (secondary N) is 1. The second kappa shape index (κ2) is 9.08. The number of aromatic nitrogens is 3. The largest absolute Gasteiger partial charge is 0.380 e. The summed E-state index contributed by atoms with van der Waals surface area (Å²) >= 11 is 0. The Morgan fingerprint density at radius 3 is 2.97 bits per heavy atom. The van der Waals surface area contributed by atoms with E-state index in [0.717, 1.165) is 12.8 Å². The Hall–Kier alpha value is -3.90. The number of carbonyl (C=O) groups excluding carboxylic acids is 2. The summed E-state index contributed by atoms with van der Waals surface area (Å²) in [6.07, 6.45) is 4.02. The van der Waals surface area contributed by atoms with Crippen LogP contribution in [0.3, 0.4) is 0 Å². The molecule has 1 unspecified atom stereocenters. The van der Waals surface area contributed by atoms with Crippen LogP contribution < -0.4 is 11.1 Å². The predicted molar refractivity (Wildman–Crippen MR) is 120 cm³/mol. The molecule has 1 aliphatic carbocycles. The highest BCUT2D eigenvalue weighted by molar-refractivity contribution is 6.08. The molecule has 3 aromatic rings. The van der Waals surface area contributed by atoms with E-state index in [1.165, 1.54) is 4.90 Å². The molecule has 4 rings (SSSR count). The van der Waals surface area contributed by atoms with E-state index < -0.39 is 12.0 Å². The molecule has 164 valence electrons. The van der Waals surface area contributed by atoms with Crippen LogP contribution >= 0.6 is 0 Å². The fraction of sp³-hybridized carbons (Fsp3) is 0.304. The lowest BCUT2D eigenvalue weighted by atomic mass is 10.1. The van der Waals surface area contributed by atoms with Crippen molar-refractivity contribution in [1.82, 2.24) is 19.7 Å². The SMILES string of the molecule is CN(C=O)CCC(O)C#Cc1cccc(-n2nc(C(N)=O)c3c(NC4CC4)nccc32)c1. The quantitative estimate of drug-likeness (QED) is 0.364. The third-order valence-corrected chi connectivity index (χ3v) is 5.15. The number of nitrogens with two attached hydrogens (primary N) is 1. The molecular formula is C23H24N6O3. The standard InChI is InChI=1S/C23H24N6O3/c1-28(14-30)12-10-18(31)8-5-15-3-2-4-17(13-15)29-19-9-11-25-23(26-16-6-7-16)20(19)21(27-29)22(24)32/h2-4,9,11,13-14,16,18,31H,6-7,10,12H2,1H3,(H2,24,32)(H,25,26). The number of benzene rings is 1. The molecule has 4 N–H and O–H groups in total. The minimum Gasteiger partial charge on any atom is -0.380 e. The van der Waals surface area contributed by atoms with E-state index in [1.54, 1.807) is 24.0 Å². The van der Waals surface area contributed by atoms with E-state index in [4.69, 9.17) is 5.73 Å². The maximum Gasteiger partial charge on any atom is 0.270 e. The number of anilines is 1. The average Bonchev–Trinajstić information content (AvgIpc) is 3.52. The molecule has 9 nitrogen and oxygen atoms in total. The van der Waals surface area contributed by atoms with Crippen LogP contribution in [0.15, 0.2) is 36.5 Å². The Bertz CT molecular complexity index is 1220. The van der Waals surface area contributed by atoms with Gasteiger partial charge in [0.2, 0.25) is 6.41 Å². The summed E-state index contributed by atoms with van der Waals surface area (Å²) in [5.41, 5.74) is 7.86. The number of carbonyl (C=O) groups is 2. The summed E-state index contributed by atoms with van der Waals surface area (Å²) < 4.78 is 1.65. The summed E-state index contributed by atoms with van der Waals surface area (Å²) in [4.78, 5) is 28.6. The van der Waals surface area contributed by atoms with Crippen LogP contribution in [-0.2, 0) is 4.79 Å². The fourth-order valence-corrected chi connectivity index (χ4v) is 3.30. The van der Waals surface area contributed by atoms with Crippen molar-refractivity contribution in [2.75, 3.05) is 18.9 Å². The van der Waals surface area contributed by atoms with E-state index in [-0.39, 0.29) is 5.69 Å². The van der Waals surface area contributed by atoms with Gasteiger partial charge in [-0.3, -0.25) is 9.59 Å². The predicted octanol–water partition coefficient (Wildman–Crippen LogP) is 1.28. The van der Waals surface area contributed by atoms with Gasteiger partial charge in [-0.25, -0.2) is 9.67 Å². The Balaban J connectivity index is 1.66. The molecule has 1 aromatic carbocycles. The Morgan fingerprint density at radius 1 is 1.44 bits per heavy atom. The number of pyridine rings is 1. The van der Waals surface area contributed by atoms with Crippen LogP contribution in [0, 0.1) is 11.8 Å². The van der Waals surface area contributed by atoms with Crippen LogP contribution in [0.25, 0.3) is 16.6 Å². The number of hydrogen-bond acceptors (Lipinski definition) is 6. The van der Waals surface area contributed by atoms with Gasteiger partial charge in [-0.15, -0.1) is 0 Å². The van der Waals surface area contributed by atoms with Gasteiger partial charge in [0.25, 0.3) is 5.91 Å². The second-order valence-corrected chi connectivity index (χ2v) is 7.81. The molecule has 0 aliphatic heterocycles. The number of aliphatic hydroxyl groups is 1. The molecule has 0 bridgehead atoms. The van der Waals surface area contributed by atoms with Crippen molar-refractivity contribution in [2.45, 2.75) is 31.4 Å². The third-order valence-electron chi connectivity index (χ3n) is 5.15. The van der Waals surface area contributed by atoms with Crippen molar-refractivity contribution < 1.29 is 14.7 Å². The smallest absolute Gasteiger partial charge is 0.270 e. The van der Waals surface area contributed by atoms with E-state index >= 15 is 0 Å². The highest BCUT2D eigenvalue weighted by Gasteiger charge is 2.25. The van der Waals surface area contributed by atoms with E-state index in [1.807, 2.05) is 24.3 Å². The van der Waals surface area contributed by atoms with Crippen LogP contribution in [0.1, 0.15) is 35.3 Å². The van der Waals surface area contributed by atoms with Gasteiger partial charge in [0.1, 0.15) is 11.9 Å². The van der Waals surface area contributed by atoms with Crippen molar-refractivity contribution in [2.24, 2.45) is 5.73 Å². The molecule has 2 aromatic heterocycles. The molecule has 0 saturated heterocycles. The number of fused-ring (bicyclic) bond motifs is 1. The Kier molecular flexibility index (Phi) is 6.05. The molecule has 1 aliphatic rings. The molecule has 1 saturated carbocycles. The minimum atomic E-state index is -0.852. The molecule has 0 spiro atoms. The zero-order valence-corrected chi connectivity index (χ0v) is 17.7. The first-order valence-corrected chi connectivity index (χ1v) is 10.4. The Morgan fingerprint density at radius 2 is 2.25 bits per heavy atom. The summed E-state index contributed by atoms with van der Waals surface area (Å²) in [5.74, 6) is 5.73. The van der Waals surface area contributed by atoms with Gasteiger partial charge in [0.15, 0.2) is 5.69 Å². The summed E-state index contributed by atoms with van der Waals surface area (Å²) in [6.45, 7) is 0.416. The molecule has 2 heterocycles. The summed E-state index contributed by atoms with van der Waals surface area (Å²) in [5, 5.41) is 18.5. The third kappa shape index (κ3) is 4.71. The van der Waals surface area contributed by atoms with Crippen molar-refractivity contribution in [3.05, 3.63) is 47.8 Å². The van der Waals surface area contributed by atoms with E-state index in [9.17, 15) is 14.7 Å². The van der Waals surface area contributed by atoms with Gasteiger partial charge >= 0.3 is 0 Å². The van der Waals surface area contributed by atoms with E-state index in [2.05, 4.69) is 27.2 Å². The molecule has 32 heavy (non-hydrogen) atoms. The maximum atomic E-state index is 12.1. The molecule has 1 fully saturated rings. The number of nitrogens with zero attached hydrogens (tertiary/aromatic N) is 4. The minimum absolute atomic E-state index is 0.155. The number of rotatable bonds is 8. The topological polar surface area (TPSA) is 126 Å². The lowest BCUT2D eigenvalue weighted by Gasteiger charge is -2.10. The summed E-state index contributed by atoms with van der Waals surface area (Å²) in [7, 11) is 1.65. The van der Waals surface area contributed by atoms with Crippen molar-refractivity contribution in [3.63, 3.8) is 0 Å². The van der Waals surface area contributed by atoms with Crippen LogP contribution in [0.5, 0.6) is 0 Å². The maximum absolute atomic E-state index is 12.1. The van der Waals surface area contributed by atoms with Gasteiger partial charge in [-0.05, 0) is 37.1 Å². The first-order chi connectivity index (χ1) is 15.5. The number of hydrogen-bond donors (Lipinski definition) is 3. The Labute approximate surface area is 185 Å². The summed E-state index contributed by atoms with van der Waals surface area (Å²) in [6, 6.07) is 9.47. The molecule has 9 heteroatoms. The average molecular weight is 432 g/mol. The number of aliphatic hydroxyl groups excluding tert-OH is 1. The van der Waals surface area contributed by atoms with Crippen LogP contribution in [0.2, 0.25) is 0 Å². The van der Waals surface area contributed by atoms with Crippen LogP contribution in [-0.4, -0.2) is 62.8 Å². The molecular weight excluding hydrogens is 408 g/mol. The van der Waals surface area contributed by atoms with Gasteiger partial charge < -0.3 is 21.1 Å². The number of primary amides is 1. The first kappa shape index (κ1) is 21.3. The van der Waals surface area contributed by atoms with Gasteiger partial charge in [0, 0.05) is 37.8 Å². The second-order valence-electron chi connectivity index (χ2n) is 7.81. The lowest BCUT2D eigenvalue weighted by Crippen LogP contribution is -2.21. The highest BCUT2D eigenvalue weighted by atomic mass is 16.3. The van der Waals surface area contributed by atoms with Gasteiger partial charge in [-0.1, -0.05) is 17.9 Å². The number of amides is 2. The molecule has 0 radical (unpaired) electrons. The van der Waals surface area contributed by atoms with E-state index in [0.29, 0.717) is 53.4 Å². The monoisotopic (exact) mass is 432 g/mol. The van der Waals surface area contributed by atoms with Gasteiger partial charge in [0.05, 0.1) is 16.6 Å². The van der Waals surface area contributed by atoms with Crippen molar-refractivity contribution in [3.8, 4) is 17.5 Å². The van der Waals surface area contributed by atoms with Crippen molar-refractivity contribution >= 4 is 29.0 Å². The fourth-order valence-electron chi connectivity index (χ4n) is 3.30. The van der Waals surface area contributed by atoms with Gasteiger partial charge in [-0.2, -0.15) is 5.10 Å². The highest BCUT2D eigenvalue weighted by Crippen LogP contribution is 2.31. The molecule has 1 atom stereocenters. The normalized spacial score (nSPS) is 13.8. The van der Waals surface area contributed by atoms with Crippen LogP contribution in [0.4, 0.5) is 5.82 Å².